The number of nitro groups is 1. The van der Waals surface area contributed by atoms with E-state index in [1.165, 1.54) is 28.7 Å². The summed E-state index contributed by atoms with van der Waals surface area (Å²) in [6, 6.07) is 12.2. The van der Waals surface area contributed by atoms with Crippen molar-refractivity contribution < 1.29 is 9.31 Å². The van der Waals surface area contributed by atoms with Gasteiger partial charge in [0.15, 0.2) is 0 Å². The largest absolute Gasteiger partial charge is 0.303 e. The Hall–Kier alpha value is -3.20. The zero-order chi connectivity index (χ0) is 15.0. The van der Waals surface area contributed by atoms with E-state index >= 15 is 0 Å². The Labute approximate surface area is 118 Å². The summed E-state index contributed by atoms with van der Waals surface area (Å²) < 4.78 is 14.5. The summed E-state index contributed by atoms with van der Waals surface area (Å²) in [6.07, 6.45) is 1.59. The predicted molar refractivity (Wildman–Crippen MR) is 74.2 cm³/mol. The smallest absolute Gasteiger partial charge is 0.301 e. The van der Waals surface area contributed by atoms with Gasteiger partial charge in [-0.2, -0.15) is 5.26 Å². The zero-order valence-electron chi connectivity index (χ0n) is 10.7. The van der Waals surface area contributed by atoms with Gasteiger partial charge < -0.3 is 4.40 Å². The predicted octanol–water partition coefficient (Wildman–Crippen LogP) is 3.53. The quantitative estimate of drug-likeness (QED) is 0.533. The van der Waals surface area contributed by atoms with Crippen molar-refractivity contribution in [2.45, 2.75) is 0 Å². The van der Waals surface area contributed by atoms with Crippen molar-refractivity contribution in [2.75, 3.05) is 0 Å². The van der Waals surface area contributed by atoms with Gasteiger partial charge in [0.25, 0.3) is 0 Å². The first kappa shape index (κ1) is 12.8. The lowest BCUT2D eigenvalue weighted by Gasteiger charge is -1.99. The highest BCUT2D eigenvalue weighted by atomic mass is 19.1. The molecule has 0 atom stereocenters. The molecular weight excluding hydrogens is 273 g/mol. The van der Waals surface area contributed by atoms with Gasteiger partial charge in [0.1, 0.15) is 23.1 Å². The van der Waals surface area contributed by atoms with E-state index in [-0.39, 0.29) is 16.9 Å². The Bertz CT molecular complexity index is 892. The number of fused-ring (bicyclic) bond motifs is 1. The number of rotatable bonds is 2. The lowest BCUT2D eigenvalue weighted by atomic mass is 10.0. The molecule has 2 aromatic heterocycles. The normalized spacial score (nSPS) is 10.5. The van der Waals surface area contributed by atoms with E-state index in [2.05, 4.69) is 0 Å². The SMILES string of the molecule is N#Cc1c(-c2ccc(F)cc2)c([N+](=O)[O-])c2ccccn12. The van der Waals surface area contributed by atoms with E-state index in [0.29, 0.717) is 11.1 Å². The second-order valence-electron chi connectivity index (χ2n) is 4.40. The average Bonchev–Trinajstić information content (AvgIpc) is 2.82. The molecule has 0 unspecified atom stereocenters. The molecule has 0 amide bonds. The molecule has 0 spiro atoms. The van der Waals surface area contributed by atoms with Gasteiger partial charge in [0.05, 0.1) is 10.5 Å². The minimum absolute atomic E-state index is 0.154. The molecule has 2 heterocycles. The van der Waals surface area contributed by atoms with Crippen LogP contribution in [0.2, 0.25) is 0 Å². The Morgan fingerprint density at radius 3 is 2.52 bits per heavy atom. The fraction of sp³-hybridized carbons (Fsp3) is 0. The van der Waals surface area contributed by atoms with Crippen molar-refractivity contribution in [3.8, 4) is 17.2 Å². The highest BCUT2D eigenvalue weighted by molar-refractivity contribution is 5.89. The van der Waals surface area contributed by atoms with Gasteiger partial charge in [-0.15, -0.1) is 0 Å². The fourth-order valence-corrected chi connectivity index (χ4v) is 2.38. The van der Waals surface area contributed by atoms with Crippen LogP contribution in [0, 0.1) is 27.3 Å². The summed E-state index contributed by atoms with van der Waals surface area (Å²) in [4.78, 5) is 10.9. The number of nitriles is 1. The van der Waals surface area contributed by atoms with Crippen LogP contribution < -0.4 is 0 Å². The maximum Gasteiger partial charge on any atom is 0.303 e. The number of pyridine rings is 1. The molecular formula is C15H8FN3O2. The summed E-state index contributed by atoms with van der Waals surface area (Å²) in [6.45, 7) is 0. The van der Waals surface area contributed by atoms with Gasteiger partial charge in [0.2, 0.25) is 0 Å². The summed E-state index contributed by atoms with van der Waals surface area (Å²) in [7, 11) is 0. The third kappa shape index (κ3) is 1.92. The fourth-order valence-electron chi connectivity index (χ4n) is 2.38. The van der Waals surface area contributed by atoms with Crippen molar-refractivity contribution in [3.05, 3.63) is 70.3 Å². The van der Waals surface area contributed by atoms with Crippen molar-refractivity contribution in [1.82, 2.24) is 4.40 Å². The van der Waals surface area contributed by atoms with Gasteiger partial charge >= 0.3 is 5.69 Å². The van der Waals surface area contributed by atoms with Crippen molar-refractivity contribution >= 4 is 11.2 Å². The molecule has 0 radical (unpaired) electrons. The molecule has 102 valence electrons. The van der Waals surface area contributed by atoms with Crippen molar-refractivity contribution in [2.24, 2.45) is 0 Å². The number of nitrogens with zero attached hydrogens (tertiary/aromatic N) is 3. The first-order valence-electron chi connectivity index (χ1n) is 6.07. The summed E-state index contributed by atoms with van der Waals surface area (Å²) in [5.74, 6) is -0.441. The first-order chi connectivity index (χ1) is 10.1. The highest BCUT2D eigenvalue weighted by Gasteiger charge is 2.27. The van der Waals surface area contributed by atoms with Crippen LogP contribution in [0.5, 0.6) is 0 Å². The lowest BCUT2D eigenvalue weighted by Crippen LogP contribution is -1.90. The Morgan fingerprint density at radius 1 is 1.19 bits per heavy atom. The van der Waals surface area contributed by atoms with Gasteiger partial charge in [-0.05, 0) is 29.8 Å². The molecule has 0 aliphatic rings. The van der Waals surface area contributed by atoms with Gasteiger partial charge in [0, 0.05) is 6.20 Å². The van der Waals surface area contributed by atoms with Crippen LogP contribution in [0.1, 0.15) is 5.69 Å². The van der Waals surface area contributed by atoms with Gasteiger partial charge in [-0.3, -0.25) is 10.1 Å². The zero-order valence-corrected chi connectivity index (χ0v) is 10.7. The second kappa shape index (κ2) is 4.72. The topological polar surface area (TPSA) is 71.3 Å². The molecule has 0 saturated heterocycles. The second-order valence-corrected chi connectivity index (χ2v) is 4.40. The monoisotopic (exact) mass is 281 g/mol. The Morgan fingerprint density at radius 2 is 1.90 bits per heavy atom. The number of hydrogen-bond acceptors (Lipinski definition) is 3. The van der Waals surface area contributed by atoms with Gasteiger partial charge in [-0.25, -0.2) is 4.39 Å². The van der Waals surface area contributed by atoms with Crippen LogP contribution in [-0.4, -0.2) is 9.32 Å². The summed E-state index contributed by atoms with van der Waals surface area (Å²) in [5, 5.41) is 20.8. The Balaban J connectivity index is 2.45. The number of aromatic nitrogens is 1. The first-order valence-corrected chi connectivity index (χ1v) is 6.07. The molecule has 0 saturated carbocycles. The van der Waals surface area contributed by atoms with E-state index in [9.17, 15) is 19.8 Å². The standard InChI is InChI=1S/C15H8FN3O2/c16-11-6-4-10(5-7-11)14-13(9-17)18-8-2-1-3-12(18)15(14)19(20)21/h1-8H. The van der Waals surface area contributed by atoms with Gasteiger partial charge in [-0.1, -0.05) is 18.2 Å². The lowest BCUT2D eigenvalue weighted by molar-refractivity contribution is -0.382. The third-order valence-electron chi connectivity index (χ3n) is 3.24. The number of benzene rings is 1. The highest BCUT2D eigenvalue weighted by Crippen LogP contribution is 2.38. The minimum Gasteiger partial charge on any atom is -0.301 e. The van der Waals surface area contributed by atoms with E-state index in [1.54, 1.807) is 24.4 Å². The van der Waals surface area contributed by atoms with Crippen LogP contribution in [-0.2, 0) is 0 Å². The molecule has 3 rings (SSSR count). The van der Waals surface area contributed by atoms with Crippen LogP contribution in [0.15, 0.2) is 48.7 Å². The average molecular weight is 281 g/mol. The van der Waals surface area contributed by atoms with E-state index in [0.717, 1.165) is 0 Å². The molecule has 0 aliphatic carbocycles. The molecule has 0 fully saturated rings. The molecule has 6 heteroatoms. The minimum atomic E-state index is -0.519. The van der Waals surface area contributed by atoms with Crippen LogP contribution >= 0.6 is 0 Å². The number of hydrogen-bond donors (Lipinski definition) is 0. The Kier molecular flexibility index (Phi) is 2.88. The van der Waals surface area contributed by atoms with Crippen LogP contribution in [0.3, 0.4) is 0 Å². The molecule has 0 aliphatic heterocycles. The van der Waals surface area contributed by atoms with Crippen LogP contribution in [0.25, 0.3) is 16.6 Å². The molecule has 0 bridgehead atoms. The maximum absolute atomic E-state index is 13.0. The van der Waals surface area contributed by atoms with E-state index in [4.69, 9.17) is 0 Å². The molecule has 0 N–H and O–H groups in total. The summed E-state index contributed by atoms with van der Waals surface area (Å²) >= 11 is 0. The van der Waals surface area contributed by atoms with E-state index < -0.39 is 10.7 Å². The molecule has 1 aromatic carbocycles. The molecule has 21 heavy (non-hydrogen) atoms. The molecule has 5 nitrogen and oxygen atoms in total. The van der Waals surface area contributed by atoms with Crippen molar-refractivity contribution in [1.29, 1.82) is 5.26 Å². The number of halogens is 1. The maximum atomic E-state index is 13.0. The third-order valence-corrected chi connectivity index (χ3v) is 3.24. The van der Waals surface area contributed by atoms with Crippen LogP contribution in [0.4, 0.5) is 10.1 Å². The van der Waals surface area contributed by atoms with Crippen molar-refractivity contribution in [3.63, 3.8) is 0 Å². The molecule has 3 aromatic rings. The van der Waals surface area contributed by atoms with E-state index in [1.807, 2.05) is 6.07 Å². The summed E-state index contributed by atoms with van der Waals surface area (Å²) in [5.41, 5.74) is 0.970.